The summed E-state index contributed by atoms with van der Waals surface area (Å²) in [7, 11) is 1.49. The van der Waals surface area contributed by atoms with Crippen molar-refractivity contribution in [2.24, 2.45) is 28.9 Å². The van der Waals surface area contributed by atoms with Crippen molar-refractivity contribution in [3.63, 3.8) is 0 Å². The molecule has 0 radical (unpaired) electrons. The Bertz CT molecular complexity index is 958. The molecule has 3 N–H and O–H groups in total. The lowest BCUT2D eigenvalue weighted by Gasteiger charge is -2.37. The first-order valence-corrected chi connectivity index (χ1v) is 12.7. The molecule has 0 spiro atoms. The Morgan fingerprint density at radius 2 is 1.72 bits per heavy atom. The first-order chi connectivity index (χ1) is 16.6. The fourth-order valence-electron chi connectivity index (χ4n) is 4.72. The number of hydrogen-bond acceptors (Lipinski definition) is 5. The summed E-state index contributed by atoms with van der Waals surface area (Å²) in [6.07, 6.45) is 1.69. The second kappa shape index (κ2) is 12.2. The van der Waals surface area contributed by atoms with Crippen LogP contribution in [0.25, 0.3) is 0 Å². The minimum atomic E-state index is -4.78. The van der Waals surface area contributed by atoms with Gasteiger partial charge < -0.3 is 20.8 Å². The van der Waals surface area contributed by atoms with Gasteiger partial charge in [-0.1, -0.05) is 63.9 Å². The maximum absolute atomic E-state index is 13.8. The highest BCUT2D eigenvalue weighted by molar-refractivity contribution is 6.35. The fraction of sp³-hybridized carbons (Fsp3) is 0.615. The van der Waals surface area contributed by atoms with E-state index < -0.39 is 18.0 Å². The molecule has 1 aliphatic carbocycles. The minimum absolute atomic E-state index is 0.0533. The van der Waals surface area contributed by atoms with E-state index in [9.17, 15) is 13.2 Å². The van der Waals surface area contributed by atoms with E-state index >= 15 is 0 Å². The van der Waals surface area contributed by atoms with Gasteiger partial charge >= 0.3 is 6.18 Å². The predicted octanol–water partition coefficient (Wildman–Crippen LogP) is 7.41. The van der Waals surface area contributed by atoms with Gasteiger partial charge in [0.05, 0.1) is 10.0 Å². The normalized spacial score (nSPS) is 22.9. The maximum atomic E-state index is 13.8. The molecule has 202 valence electrons. The molecule has 5 nitrogen and oxygen atoms in total. The van der Waals surface area contributed by atoms with Gasteiger partial charge in [-0.15, -0.1) is 0 Å². The van der Waals surface area contributed by atoms with Crippen molar-refractivity contribution in [1.29, 1.82) is 5.41 Å². The molecule has 1 aliphatic rings. The number of nitrogens with two attached hydrogens (primary N) is 1. The van der Waals surface area contributed by atoms with Gasteiger partial charge in [0.15, 0.2) is 0 Å². The molecule has 1 heterocycles. The molecule has 1 fully saturated rings. The lowest BCUT2D eigenvalue weighted by molar-refractivity contribution is -0.0931. The summed E-state index contributed by atoms with van der Waals surface area (Å²) in [5, 5.41) is 8.52. The van der Waals surface area contributed by atoms with Crippen molar-refractivity contribution < 1.29 is 17.9 Å². The van der Waals surface area contributed by atoms with E-state index in [1.807, 2.05) is 31.7 Å². The number of halogens is 5. The molecule has 1 aromatic rings. The summed E-state index contributed by atoms with van der Waals surface area (Å²) < 4.78 is 47.1. The third kappa shape index (κ3) is 7.86. The van der Waals surface area contributed by atoms with Gasteiger partial charge in [-0.3, -0.25) is 4.98 Å². The van der Waals surface area contributed by atoms with Crippen LogP contribution < -0.4 is 5.73 Å². The molecule has 3 unspecified atom stereocenters. The molecule has 1 saturated carbocycles. The zero-order valence-electron chi connectivity index (χ0n) is 21.7. The van der Waals surface area contributed by atoms with Crippen molar-refractivity contribution >= 4 is 29.4 Å². The van der Waals surface area contributed by atoms with E-state index in [1.54, 1.807) is 0 Å². The Morgan fingerprint density at radius 3 is 2.14 bits per heavy atom. The van der Waals surface area contributed by atoms with Crippen LogP contribution >= 0.6 is 23.2 Å². The van der Waals surface area contributed by atoms with Crippen LogP contribution in [0.4, 0.5) is 13.2 Å². The van der Waals surface area contributed by atoms with Gasteiger partial charge in [0.25, 0.3) is 0 Å². The topological polar surface area (TPSA) is 75.2 Å². The third-order valence-corrected chi connectivity index (χ3v) is 7.22. The number of allylic oxidation sites excluding steroid dienone is 3. The van der Waals surface area contributed by atoms with Crippen molar-refractivity contribution in [3.8, 4) is 0 Å². The van der Waals surface area contributed by atoms with Crippen LogP contribution in [-0.2, 0) is 4.74 Å². The number of ether oxygens (including phenoxy) is 1. The Kier molecular flexibility index (Phi) is 10.3. The number of nitrogens with zero attached hydrogens (tertiary/aromatic N) is 2. The van der Waals surface area contributed by atoms with Crippen molar-refractivity contribution in [2.75, 3.05) is 20.2 Å². The first kappa shape index (κ1) is 30.5. The largest absolute Gasteiger partial charge is 0.431 e. The highest BCUT2D eigenvalue weighted by Crippen LogP contribution is 2.40. The molecule has 0 bridgehead atoms. The second-order valence-corrected chi connectivity index (χ2v) is 11.7. The highest BCUT2D eigenvalue weighted by Gasteiger charge is 2.37. The van der Waals surface area contributed by atoms with Crippen LogP contribution in [0.3, 0.4) is 0 Å². The van der Waals surface area contributed by atoms with E-state index in [0.29, 0.717) is 40.2 Å². The quantitative estimate of drug-likeness (QED) is 0.248. The summed E-state index contributed by atoms with van der Waals surface area (Å²) in [5.41, 5.74) is 4.42. The number of nitrogens with one attached hydrogen (secondary N) is 1. The second-order valence-electron chi connectivity index (χ2n) is 10.9. The van der Waals surface area contributed by atoms with Crippen LogP contribution in [0.1, 0.15) is 59.1 Å². The summed E-state index contributed by atoms with van der Waals surface area (Å²) >= 11 is 12.8. The standard InChI is InChI=1S/C26H37Cl2F3N4O/c1-15-7-17(8-16(15)2)9-21(18(10-32)24(33)26(29,30)31)35(14-25(3,4)5)13-22(36-6)23-19(27)11-34-12-20(23)28/h9-12,15-17,22,32H,7-8,13-14,33H2,1-6H3/b21-9+,24-18+,32-10?. The molecule has 1 aromatic heterocycles. The summed E-state index contributed by atoms with van der Waals surface area (Å²) in [5.74, 6) is 0.937. The third-order valence-electron chi connectivity index (χ3n) is 6.62. The molecule has 0 aliphatic heterocycles. The van der Waals surface area contributed by atoms with Gasteiger partial charge in [-0.05, 0) is 36.0 Å². The molecule has 0 aromatic carbocycles. The van der Waals surface area contributed by atoms with Crippen LogP contribution in [0.2, 0.25) is 10.0 Å². The molecule has 3 atom stereocenters. The molecule has 36 heavy (non-hydrogen) atoms. The Hall–Kier alpha value is -1.77. The summed E-state index contributed by atoms with van der Waals surface area (Å²) in [4.78, 5) is 5.80. The monoisotopic (exact) mass is 548 g/mol. The Labute approximate surface area is 222 Å². The number of alkyl halides is 3. The fourth-order valence-corrected chi connectivity index (χ4v) is 5.32. The minimum Gasteiger partial charge on any atom is -0.394 e. The number of hydrogen-bond donors (Lipinski definition) is 2. The lowest BCUT2D eigenvalue weighted by atomic mass is 9.93. The number of pyridine rings is 1. The average molecular weight is 550 g/mol. The lowest BCUT2D eigenvalue weighted by Crippen LogP contribution is -2.38. The van der Waals surface area contributed by atoms with Gasteiger partial charge in [0.2, 0.25) is 0 Å². The van der Waals surface area contributed by atoms with Gasteiger partial charge in [-0.2, -0.15) is 13.2 Å². The van der Waals surface area contributed by atoms with Crippen LogP contribution in [0.15, 0.2) is 35.4 Å². The average Bonchev–Trinajstić information content (AvgIpc) is 3.07. The Balaban J connectivity index is 2.70. The zero-order valence-corrected chi connectivity index (χ0v) is 23.2. The SMILES string of the molecule is COC(CN(CC(C)(C)C)C(=C/C1CC(C)C(C)C1)/C(C=N)=C(/N)C(F)(F)F)c1c(Cl)cncc1Cl. The Morgan fingerprint density at radius 1 is 1.19 bits per heavy atom. The number of methoxy groups -OCH3 is 1. The van der Waals surface area contributed by atoms with Gasteiger partial charge in [0.1, 0.15) is 11.8 Å². The van der Waals surface area contributed by atoms with E-state index in [2.05, 4.69) is 18.8 Å². The van der Waals surface area contributed by atoms with E-state index in [4.69, 9.17) is 39.1 Å². The van der Waals surface area contributed by atoms with Crippen molar-refractivity contribution in [1.82, 2.24) is 9.88 Å². The van der Waals surface area contributed by atoms with E-state index in [-0.39, 0.29) is 29.1 Å². The number of rotatable bonds is 9. The van der Waals surface area contributed by atoms with Crippen LogP contribution in [-0.4, -0.2) is 42.5 Å². The van der Waals surface area contributed by atoms with Crippen LogP contribution in [0.5, 0.6) is 0 Å². The van der Waals surface area contributed by atoms with E-state index in [0.717, 1.165) is 12.8 Å². The van der Waals surface area contributed by atoms with Gasteiger partial charge in [0, 0.05) is 55.6 Å². The molecular formula is C26H37Cl2F3N4O. The zero-order chi connectivity index (χ0) is 27.4. The number of aromatic nitrogens is 1. The highest BCUT2D eigenvalue weighted by atomic mass is 35.5. The molecule has 0 amide bonds. The molecular weight excluding hydrogens is 512 g/mol. The first-order valence-electron chi connectivity index (χ1n) is 11.9. The summed E-state index contributed by atoms with van der Waals surface area (Å²) in [6, 6.07) is 0. The molecule has 0 saturated heterocycles. The van der Waals surface area contributed by atoms with Gasteiger partial charge in [-0.25, -0.2) is 0 Å². The summed E-state index contributed by atoms with van der Waals surface area (Å²) in [6.45, 7) is 10.8. The van der Waals surface area contributed by atoms with Crippen molar-refractivity contribution in [3.05, 3.63) is 51.0 Å². The molecule has 2 rings (SSSR count). The smallest absolute Gasteiger partial charge is 0.394 e. The van der Waals surface area contributed by atoms with E-state index in [1.165, 1.54) is 19.5 Å². The molecule has 10 heteroatoms. The van der Waals surface area contributed by atoms with Crippen LogP contribution in [0, 0.1) is 28.6 Å². The van der Waals surface area contributed by atoms with Crippen molar-refractivity contribution in [2.45, 2.75) is 59.7 Å². The maximum Gasteiger partial charge on any atom is 0.431 e. The predicted molar refractivity (Wildman–Crippen MR) is 140 cm³/mol.